The number of nitrogen functional groups attached to an aromatic ring is 1. The van der Waals surface area contributed by atoms with Crippen LogP contribution in [0.3, 0.4) is 0 Å². The molecule has 0 fully saturated rings. The molecule has 0 heterocycles. The minimum Gasteiger partial charge on any atom is -0.455 e. The predicted octanol–water partition coefficient (Wildman–Crippen LogP) is 5.41. The van der Waals surface area contributed by atoms with Crippen molar-refractivity contribution in [2.24, 2.45) is 0 Å². The smallest absolute Gasteiger partial charge is 0.153 e. The van der Waals surface area contributed by atoms with Crippen molar-refractivity contribution in [1.29, 1.82) is 0 Å². The minimum atomic E-state index is -0.329. The molecule has 0 saturated heterocycles. The molecule has 21 heavy (non-hydrogen) atoms. The standard InChI is InChI=1S/C17H19FINO/c1-10-5-6-15(11(7-10)17(2,3)4)21-16-8-12(18)13(19)9-14(16)20/h5-9H,20H2,1-4H3. The van der Waals surface area contributed by atoms with Gasteiger partial charge in [0, 0.05) is 11.6 Å². The average Bonchev–Trinajstić information content (AvgIpc) is 2.36. The van der Waals surface area contributed by atoms with E-state index in [4.69, 9.17) is 10.5 Å². The SMILES string of the molecule is Cc1ccc(Oc2cc(F)c(I)cc2N)c(C(C)(C)C)c1. The molecule has 112 valence electrons. The summed E-state index contributed by atoms with van der Waals surface area (Å²) in [7, 11) is 0. The van der Waals surface area contributed by atoms with Gasteiger partial charge in [-0.25, -0.2) is 4.39 Å². The first-order valence-electron chi connectivity index (χ1n) is 6.72. The predicted molar refractivity (Wildman–Crippen MR) is 93.5 cm³/mol. The lowest BCUT2D eigenvalue weighted by molar-refractivity contribution is 0.453. The number of nitrogens with two attached hydrogens (primary N) is 1. The second-order valence-electron chi connectivity index (χ2n) is 6.16. The van der Waals surface area contributed by atoms with Crippen molar-refractivity contribution in [3.8, 4) is 11.5 Å². The zero-order valence-corrected chi connectivity index (χ0v) is 14.8. The molecule has 2 nitrogen and oxygen atoms in total. The summed E-state index contributed by atoms with van der Waals surface area (Å²) in [6.45, 7) is 8.39. The van der Waals surface area contributed by atoms with Crippen molar-refractivity contribution in [1.82, 2.24) is 0 Å². The summed E-state index contributed by atoms with van der Waals surface area (Å²) in [4.78, 5) is 0. The third-order valence-electron chi connectivity index (χ3n) is 3.22. The van der Waals surface area contributed by atoms with Crippen LogP contribution in [0.5, 0.6) is 11.5 Å². The van der Waals surface area contributed by atoms with Crippen molar-refractivity contribution in [2.45, 2.75) is 33.1 Å². The van der Waals surface area contributed by atoms with Crippen molar-refractivity contribution < 1.29 is 9.13 Å². The highest BCUT2D eigenvalue weighted by Crippen LogP contribution is 2.37. The van der Waals surface area contributed by atoms with Crippen LogP contribution in [0.15, 0.2) is 30.3 Å². The van der Waals surface area contributed by atoms with Gasteiger partial charge in [-0.1, -0.05) is 38.5 Å². The lowest BCUT2D eigenvalue weighted by atomic mass is 9.85. The van der Waals surface area contributed by atoms with Crippen molar-refractivity contribution in [2.75, 3.05) is 5.73 Å². The largest absolute Gasteiger partial charge is 0.455 e. The molecule has 0 amide bonds. The number of hydrogen-bond acceptors (Lipinski definition) is 2. The van der Waals surface area contributed by atoms with Crippen LogP contribution >= 0.6 is 22.6 Å². The summed E-state index contributed by atoms with van der Waals surface area (Å²) in [5, 5.41) is 0. The fourth-order valence-corrected chi connectivity index (χ4v) is 2.56. The molecule has 0 aliphatic rings. The van der Waals surface area contributed by atoms with Gasteiger partial charge in [-0.3, -0.25) is 0 Å². The molecule has 0 aliphatic carbocycles. The first-order chi connectivity index (χ1) is 9.68. The maximum atomic E-state index is 13.7. The van der Waals surface area contributed by atoms with E-state index in [0.29, 0.717) is 20.8 Å². The Bertz CT molecular complexity index is 677. The summed E-state index contributed by atoms with van der Waals surface area (Å²) >= 11 is 1.91. The number of benzene rings is 2. The highest BCUT2D eigenvalue weighted by Gasteiger charge is 2.20. The average molecular weight is 399 g/mol. The van der Waals surface area contributed by atoms with Gasteiger partial charge in [-0.15, -0.1) is 0 Å². The van der Waals surface area contributed by atoms with Crippen molar-refractivity contribution in [3.05, 3.63) is 50.8 Å². The molecule has 2 aromatic rings. The molecule has 0 atom stereocenters. The van der Waals surface area contributed by atoms with Crippen LogP contribution in [-0.4, -0.2) is 0 Å². The number of ether oxygens (including phenoxy) is 1. The molecular formula is C17H19FINO. The number of hydrogen-bond donors (Lipinski definition) is 1. The summed E-state index contributed by atoms with van der Waals surface area (Å²) < 4.78 is 20.1. The second-order valence-corrected chi connectivity index (χ2v) is 7.32. The maximum absolute atomic E-state index is 13.7. The van der Waals surface area contributed by atoms with Crippen LogP contribution < -0.4 is 10.5 Å². The van der Waals surface area contributed by atoms with E-state index in [1.54, 1.807) is 6.07 Å². The number of halogens is 2. The van der Waals surface area contributed by atoms with E-state index < -0.39 is 0 Å². The number of rotatable bonds is 2. The molecule has 0 spiro atoms. The maximum Gasteiger partial charge on any atom is 0.153 e. The van der Waals surface area contributed by atoms with Gasteiger partial charge < -0.3 is 10.5 Å². The Morgan fingerprint density at radius 3 is 2.38 bits per heavy atom. The van der Waals surface area contributed by atoms with Crippen molar-refractivity contribution >= 4 is 28.3 Å². The highest BCUT2D eigenvalue weighted by atomic mass is 127. The molecule has 2 aromatic carbocycles. The molecule has 0 aromatic heterocycles. The quantitative estimate of drug-likeness (QED) is 0.541. The van der Waals surface area contributed by atoms with Gasteiger partial charge in [-0.05, 0) is 47.1 Å². The third kappa shape index (κ3) is 3.67. The van der Waals surface area contributed by atoms with E-state index in [1.807, 2.05) is 41.6 Å². The van der Waals surface area contributed by atoms with Gasteiger partial charge in [-0.2, -0.15) is 0 Å². The van der Waals surface area contributed by atoms with Crippen LogP contribution in [0.25, 0.3) is 0 Å². The van der Waals surface area contributed by atoms with E-state index in [2.05, 4.69) is 26.8 Å². The number of anilines is 1. The van der Waals surface area contributed by atoms with Crippen LogP contribution in [0.2, 0.25) is 0 Å². The zero-order valence-electron chi connectivity index (χ0n) is 12.6. The summed E-state index contributed by atoms with van der Waals surface area (Å²) in [6, 6.07) is 8.89. The first-order valence-corrected chi connectivity index (χ1v) is 7.80. The lowest BCUT2D eigenvalue weighted by Gasteiger charge is -2.23. The molecule has 0 bridgehead atoms. The van der Waals surface area contributed by atoms with Crippen molar-refractivity contribution in [3.63, 3.8) is 0 Å². The lowest BCUT2D eigenvalue weighted by Crippen LogP contribution is -2.13. The molecule has 0 radical (unpaired) electrons. The van der Waals surface area contributed by atoms with Gasteiger partial charge in [0.25, 0.3) is 0 Å². The van der Waals surface area contributed by atoms with Gasteiger partial charge in [0.05, 0.1) is 9.26 Å². The van der Waals surface area contributed by atoms with E-state index in [0.717, 1.165) is 11.1 Å². The van der Waals surface area contributed by atoms with E-state index in [9.17, 15) is 4.39 Å². The molecule has 2 N–H and O–H groups in total. The molecule has 4 heteroatoms. The fraction of sp³-hybridized carbons (Fsp3) is 0.294. The monoisotopic (exact) mass is 399 g/mol. The highest BCUT2D eigenvalue weighted by molar-refractivity contribution is 14.1. The molecule has 0 aliphatic heterocycles. The Morgan fingerprint density at radius 1 is 1.10 bits per heavy atom. The van der Waals surface area contributed by atoms with Crippen LogP contribution in [-0.2, 0) is 5.41 Å². The molecule has 0 unspecified atom stereocenters. The first kappa shape index (κ1) is 16.1. The fourth-order valence-electron chi connectivity index (χ4n) is 2.07. The third-order valence-corrected chi connectivity index (χ3v) is 4.04. The Labute approximate surface area is 138 Å². The van der Waals surface area contributed by atoms with Gasteiger partial charge in [0.15, 0.2) is 5.75 Å². The van der Waals surface area contributed by atoms with Crippen LogP contribution in [0.4, 0.5) is 10.1 Å². The molecule has 0 saturated carbocycles. The van der Waals surface area contributed by atoms with E-state index in [1.165, 1.54) is 6.07 Å². The topological polar surface area (TPSA) is 35.2 Å². The van der Waals surface area contributed by atoms with Gasteiger partial charge >= 0.3 is 0 Å². The Kier molecular flexibility index (Phi) is 4.46. The summed E-state index contributed by atoms with van der Waals surface area (Å²) in [5.41, 5.74) is 8.52. The van der Waals surface area contributed by atoms with E-state index >= 15 is 0 Å². The Morgan fingerprint density at radius 2 is 1.76 bits per heavy atom. The second kappa shape index (κ2) is 5.83. The van der Waals surface area contributed by atoms with Gasteiger partial charge in [0.1, 0.15) is 11.6 Å². The Hall–Kier alpha value is -1.30. The normalized spacial score (nSPS) is 11.5. The zero-order chi connectivity index (χ0) is 15.8. The number of aryl methyl sites for hydroxylation is 1. The molecular weight excluding hydrogens is 380 g/mol. The van der Waals surface area contributed by atoms with Crippen LogP contribution in [0.1, 0.15) is 31.9 Å². The van der Waals surface area contributed by atoms with Gasteiger partial charge in [0.2, 0.25) is 0 Å². The summed E-state index contributed by atoms with van der Waals surface area (Å²) in [5.74, 6) is 0.729. The Balaban J connectivity index is 2.47. The molecule has 2 rings (SSSR count). The van der Waals surface area contributed by atoms with E-state index in [-0.39, 0.29) is 11.2 Å². The summed E-state index contributed by atoms with van der Waals surface area (Å²) in [6.07, 6.45) is 0. The minimum absolute atomic E-state index is 0.0716. The van der Waals surface area contributed by atoms with Crippen LogP contribution in [0, 0.1) is 16.3 Å².